The predicted molar refractivity (Wildman–Crippen MR) is 118 cm³/mol. The van der Waals surface area contributed by atoms with Crippen molar-refractivity contribution in [2.45, 2.75) is 33.2 Å². The second kappa shape index (κ2) is 11.5. The highest BCUT2D eigenvalue weighted by Crippen LogP contribution is 2.25. The molecule has 0 radical (unpaired) electrons. The summed E-state index contributed by atoms with van der Waals surface area (Å²) < 4.78 is 1.81. The first-order chi connectivity index (χ1) is 12.6. The van der Waals surface area contributed by atoms with Gasteiger partial charge in [-0.3, -0.25) is 9.78 Å². The van der Waals surface area contributed by atoms with Crippen LogP contribution in [0.5, 0.6) is 0 Å². The molecular formula is C21H26Cl2N4O. The number of hydrogen-bond acceptors (Lipinski definition) is 3. The lowest BCUT2D eigenvalue weighted by Crippen LogP contribution is -2.35. The van der Waals surface area contributed by atoms with Gasteiger partial charge in [-0.15, -0.1) is 24.8 Å². The summed E-state index contributed by atoms with van der Waals surface area (Å²) >= 11 is 0. The summed E-state index contributed by atoms with van der Waals surface area (Å²) in [5, 5.41) is 0. The maximum Gasteiger partial charge on any atom is 0.246 e. The highest BCUT2D eigenvalue weighted by Gasteiger charge is 2.19. The number of benzene rings is 1. The molecule has 0 N–H and O–H groups in total. The van der Waals surface area contributed by atoms with Crippen molar-refractivity contribution in [1.82, 2.24) is 14.5 Å². The molecule has 0 unspecified atom stereocenters. The first kappa shape index (κ1) is 23.7. The van der Waals surface area contributed by atoms with Crippen molar-refractivity contribution in [3.63, 3.8) is 0 Å². The summed E-state index contributed by atoms with van der Waals surface area (Å²) in [6.45, 7) is 5.08. The summed E-state index contributed by atoms with van der Waals surface area (Å²) in [6.07, 6.45) is 10.6. The van der Waals surface area contributed by atoms with Gasteiger partial charge in [0.1, 0.15) is 6.54 Å². The molecule has 28 heavy (non-hydrogen) atoms. The maximum absolute atomic E-state index is 13.0. The highest BCUT2D eigenvalue weighted by atomic mass is 35.5. The molecule has 0 saturated heterocycles. The summed E-state index contributed by atoms with van der Waals surface area (Å²) in [7, 11) is 0. The fraction of sp³-hybridized carbons (Fsp3) is 0.286. The smallest absolute Gasteiger partial charge is 0.246 e. The van der Waals surface area contributed by atoms with Gasteiger partial charge in [0.05, 0.1) is 6.33 Å². The van der Waals surface area contributed by atoms with Crippen molar-refractivity contribution in [2.24, 2.45) is 0 Å². The van der Waals surface area contributed by atoms with Gasteiger partial charge in [-0.1, -0.05) is 24.3 Å². The minimum absolute atomic E-state index is 0. The molecule has 2 aromatic heterocycles. The van der Waals surface area contributed by atoms with E-state index < -0.39 is 0 Å². The Morgan fingerprint density at radius 3 is 2.39 bits per heavy atom. The van der Waals surface area contributed by atoms with Crippen molar-refractivity contribution >= 4 is 36.4 Å². The number of aromatic nitrogens is 3. The molecule has 150 valence electrons. The number of rotatable bonds is 7. The predicted octanol–water partition coefficient (Wildman–Crippen LogP) is 4.40. The number of carbonyl (C=O) groups excluding carboxylic acids is 1. The van der Waals surface area contributed by atoms with Gasteiger partial charge in [0.25, 0.3) is 0 Å². The lowest BCUT2D eigenvalue weighted by Gasteiger charge is -2.26. The molecular weight excluding hydrogens is 395 g/mol. The monoisotopic (exact) mass is 420 g/mol. The number of anilines is 1. The summed E-state index contributed by atoms with van der Waals surface area (Å²) in [5.41, 5.74) is 4.44. The van der Waals surface area contributed by atoms with E-state index in [2.05, 4.69) is 42.0 Å². The molecule has 0 aliphatic heterocycles. The van der Waals surface area contributed by atoms with Gasteiger partial charge < -0.3 is 9.47 Å². The molecule has 5 nitrogen and oxygen atoms in total. The summed E-state index contributed by atoms with van der Waals surface area (Å²) in [5.74, 6) is 0.0755. The molecule has 0 fully saturated rings. The molecule has 7 heteroatoms. The highest BCUT2D eigenvalue weighted by molar-refractivity contribution is 5.94. The van der Waals surface area contributed by atoms with Crippen LogP contribution in [0.3, 0.4) is 0 Å². The van der Waals surface area contributed by atoms with E-state index in [0.717, 1.165) is 29.7 Å². The molecule has 0 aliphatic rings. The van der Waals surface area contributed by atoms with Gasteiger partial charge in [-0.05, 0) is 49.4 Å². The van der Waals surface area contributed by atoms with Crippen LogP contribution in [0.25, 0.3) is 0 Å². The van der Waals surface area contributed by atoms with E-state index in [4.69, 9.17) is 0 Å². The quantitative estimate of drug-likeness (QED) is 0.568. The fourth-order valence-electron chi connectivity index (χ4n) is 3.20. The van der Waals surface area contributed by atoms with E-state index in [-0.39, 0.29) is 30.7 Å². The number of hydrogen-bond donors (Lipinski definition) is 0. The molecule has 1 aromatic carbocycles. The number of para-hydroxylation sites is 1. The lowest BCUT2D eigenvalue weighted by atomic mass is 10.1. The second-order valence-electron chi connectivity index (χ2n) is 6.49. The molecule has 2 heterocycles. The topological polar surface area (TPSA) is 51.0 Å². The Morgan fingerprint density at radius 1 is 1.04 bits per heavy atom. The number of amides is 1. The molecule has 0 bridgehead atoms. The summed E-state index contributed by atoms with van der Waals surface area (Å²) in [6, 6.07) is 10.2. The average molecular weight is 421 g/mol. The number of carbonyl (C=O) groups is 1. The van der Waals surface area contributed by atoms with Crippen LogP contribution in [-0.2, 0) is 17.8 Å². The van der Waals surface area contributed by atoms with E-state index in [9.17, 15) is 4.79 Å². The van der Waals surface area contributed by atoms with Crippen LogP contribution in [0.4, 0.5) is 5.69 Å². The van der Waals surface area contributed by atoms with Crippen molar-refractivity contribution < 1.29 is 4.79 Å². The second-order valence-corrected chi connectivity index (χ2v) is 6.49. The Balaban J connectivity index is 0.00000196. The Kier molecular flexibility index (Phi) is 9.69. The molecule has 0 aliphatic carbocycles. The molecule has 3 rings (SSSR count). The number of aryl methyl sites for hydroxylation is 3. The number of halogens is 2. The van der Waals surface area contributed by atoms with Gasteiger partial charge in [0.15, 0.2) is 0 Å². The van der Waals surface area contributed by atoms with Crippen LogP contribution >= 0.6 is 24.8 Å². The van der Waals surface area contributed by atoms with Gasteiger partial charge in [-0.25, -0.2) is 4.98 Å². The molecule has 0 atom stereocenters. The third-order valence-corrected chi connectivity index (χ3v) is 4.46. The van der Waals surface area contributed by atoms with Gasteiger partial charge in [0.2, 0.25) is 5.91 Å². The van der Waals surface area contributed by atoms with Crippen LogP contribution in [-0.4, -0.2) is 27.0 Å². The Bertz CT molecular complexity index is 834. The van der Waals surface area contributed by atoms with Crippen molar-refractivity contribution in [3.05, 3.63) is 78.1 Å². The van der Waals surface area contributed by atoms with Crippen LogP contribution in [0.2, 0.25) is 0 Å². The minimum atomic E-state index is 0. The van der Waals surface area contributed by atoms with Gasteiger partial charge >= 0.3 is 0 Å². The SMILES string of the molecule is Cc1cccc(C)c1N(CCCc1cccnc1)C(=O)Cn1ccnc1.Cl.Cl. The Hall–Kier alpha value is -2.37. The first-order valence-electron chi connectivity index (χ1n) is 8.86. The molecule has 0 spiro atoms. The first-order valence-corrected chi connectivity index (χ1v) is 8.86. The number of nitrogens with zero attached hydrogens (tertiary/aromatic N) is 4. The molecule has 0 saturated carbocycles. The zero-order valence-electron chi connectivity index (χ0n) is 16.1. The normalized spacial score (nSPS) is 9.93. The molecule has 1 amide bonds. The van der Waals surface area contributed by atoms with Crippen LogP contribution in [0.15, 0.2) is 61.4 Å². The number of pyridine rings is 1. The maximum atomic E-state index is 13.0. The summed E-state index contributed by atoms with van der Waals surface area (Å²) in [4.78, 5) is 23.1. The van der Waals surface area contributed by atoms with E-state index in [1.165, 1.54) is 5.56 Å². The van der Waals surface area contributed by atoms with Crippen LogP contribution in [0.1, 0.15) is 23.1 Å². The van der Waals surface area contributed by atoms with E-state index in [0.29, 0.717) is 13.1 Å². The van der Waals surface area contributed by atoms with Crippen molar-refractivity contribution in [2.75, 3.05) is 11.4 Å². The van der Waals surface area contributed by atoms with Crippen molar-refractivity contribution in [1.29, 1.82) is 0 Å². The lowest BCUT2D eigenvalue weighted by molar-refractivity contribution is -0.119. The van der Waals surface area contributed by atoms with E-state index >= 15 is 0 Å². The molecule has 3 aromatic rings. The zero-order valence-corrected chi connectivity index (χ0v) is 17.7. The minimum Gasteiger partial charge on any atom is -0.328 e. The third kappa shape index (κ3) is 6.08. The number of imidazole rings is 1. The van der Waals surface area contributed by atoms with Crippen molar-refractivity contribution in [3.8, 4) is 0 Å². The van der Waals surface area contributed by atoms with E-state index in [1.54, 1.807) is 18.7 Å². The van der Waals surface area contributed by atoms with Crippen LogP contribution in [0, 0.1) is 13.8 Å². The third-order valence-electron chi connectivity index (χ3n) is 4.46. The van der Waals surface area contributed by atoms with E-state index in [1.807, 2.05) is 34.0 Å². The Morgan fingerprint density at radius 2 is 1.79 bits per heavy atom. The largest absolute Gasteiger partial charge is 0.328 e. The Labute approximate surface area is 178 Å². The average Bonchev–Trinajstić information content (AvgIpc) is 3.14. The van der Waals surface area contributed by atoms with Gasteiger partial charge in [0, 0.05) is 37.0 Å². The van der Waals surface area contributed by atoms with Crippen LogP contribution < -0.4 is 4.90 Å². The standard InChI is InChI=1S/C21H24N4O.2ClH/c1-17-6-3-7-18(2)21(17)25(20(26)15-24-13-11-23-16-24)12-5-9-19-8-4-10-22-14-19;;/h3-4,6-8,10-11,13-14,16H,5,9,12,15H2,1-2H3;2*1H. The zero-order chi connectivity index (χ0) is 18.4. The fourth-order valence-corrected chi connectivity index (χ4v) is 3.20. The van der Waals surface area contributed by atoms with Gasteiger partial charge in [-0.2, -0.15) is 0 Å².